The molecule has 0 unspecified atom stereocenters. The van der Waals surface area contributed by atoms with Crippen LogP contribution >= 0.6 is 0 Å². The zero-order valence-corrected chi connectivity index (χ0v) is 15.0. The first-order valence-electron chi connectivity index (χ1n) is 8.75. The molecule has 7 heteroatoms. The summed E-state index contributed by atoms with van der Waals surface area (Å²) in [6.45, 7) is 2.59. The maximum Gasteiger partial charge on any atom is 0.150 e. The molecule has 1 aromatic carbocycles. The molecule has 4 aromatic rings. The highest BCUT2D eigenvalue weighted by Gasteiger charge is 2.17. The largest absolute Gasteiger partial charge is 0.382 e. The number of fused-ring (bicyclic) bond motifs is 1. The summed E-state index contributed by atoms with van der Waals surface area (Å²) in [6, 6.07) is 13.8. The first-order valence-corrected chi connectivity index (χ1v) is 8.75. The van der Waals surface area contributed by atoms with Crippen LogP contribution in [0.4, 0.5) is 11.6 Å². The number of nitrogens with two attached hydrogens (primary N) is 2. The number of pyridine rings is 1. The molecule has 0 saturated heterocycles. The van der Waals surface area contributed by atoms with E-state index < -0.39 is 0 Å². The van der Waals surface area contributed by atoms with E-state index in [1.54, 1.807) is 12.4 Å². The second-order valence-electron chi connectivity index (χ2n) is 6.40. The molecule has 27 heavy (non-hydrogen) atoms. The predicted octanol–water partition coefficient (Wildman–Crippen LogP) is 3.01. The van der Waals surface area contributed by atoms with Crippen molar-refractivity contribution >= 4 is 17.2 Å². The number of anilines is 2. The van der Waals surface area contributed by atoms with E-state index >= 15 is 0 Å². The van der Waals surface area contributed by atoms with Gasteiger partial charge in [0.2, 0.25) is 0 Å². The van der Waals surface area contributed by atoms with Crippen molar-refractivity contribution in [2.45, 2.75) is 19.5 Å². The zero-order valence-electron chi connectivity index (χ0n) is 15.0. The molecule has 0 bridgehead atoms. The van der Waals surface area contributed by atoms with Crippen LogP contribution in [0.2, 0.25) is 0 Å². The van der Waals surface area contributed by atoms with Gasteiger partial charge < -0.3 is 16.8 Å². The van der Waals surface area contributed by atoms with E-state index in [9.17, 15) is 0 Å². The van der Waals surface area contributed by atoms with Crippen LogP contribution in [0.1, 0.15) is 24.4 Å². The van der Waals surface area contributed by atoms with Gasteiger partial charge in [-0.2, -0.15) is 0 Å². The Bertz CT molecular complexity index is 1050. The zero-order chi connectivity index (χ0) is 18.8. The Hall–Kier alpha value is -3.45. The fraction of sp³-hybridized carbons (Fsp3) is 0.150. The van der Waals surface area contributed by atoms with Gasteiger partial charge in [0, 0.05) is 30.7 Å². The van der Waals surface area contributed by atoms with Crippen LogP contribution in [-0.4, -0.2) is 19.4 Å². The maximum absolute atomic E-state index is 6.12. The van der Waals surface area contributed by atoms with Crippen molar-refractivity contribution in [3.8, 4) is 11.3 Å². The standard InChI is InChI=1S/C20H21N7/c1-13(21)20-26-17(18-19(22)24-10-11-27(18)20)15-7-5-14(6-8-15)12-25-16-4-2-3-9-23-16/h2-11,13H,12,21H2,1H3,(H2,22,24)(H,23,25)/t13-/m0/s1. The van der Waals surface area contributed by atoms with E-state index in [4.69, 9.17) is 16.5 Å². The molecule has 7 nitrogen and oxygen atoms in total. The highest BCUT2D eigenvalue weighted by atomic mass is 15.1. The van der Waals surface area contributed by atoms with Crippen molar-refractivity contribution in [3.05, 3.63) is 72.4 Å². The van der Waals surface area contributed by atoms with Crippen LogP contribution in [0.5, 0.6) is 0 Å². The Morgan fingerprint density at radius 1 is 1.07 bits per heavy atom. The van der Waals surface area contributed by atoms with E-state index in [0.29, 0.717) is 12.4 Å². The van der Waals surface area contributed by atoms with Crippen LogP contribution in [0.15, 0.2) is 61.1 Å². The van der Waals surface area contributed by atoms with Crippen LogP contribution in [0.3, 0.4) is 0 Å². The lowest BCUT2D eigenvalue weighted by molar-refractivity contribution is 0.735. The number of rotatable bonds is 5. The van der Waals surface area contributed by atoms with Crippen LogP contribution < -0.4 is 16.8 Å². The molecule has 0 fully saturated rings. The van der Waals surface area contributed by atoms with Crippen LogP contribution in [0.25, 0.3) is 16.8 Å². The molecule has 0 radical (unpaired) electrons. The molecule has 4 rings (SSSR count). The van der Waals surface area contributed by atoms with Gasteiger partial charge in [-0.25, -0.2) is 15.0 Å². The highest BCUT2D eigenvalue weighted by Crippen LogP contribution is 2.29. The fourth-order valence-electron chi connectivity index (χ4n) is 3.05. The number of aromatic nitrogens is 4. The number of imidazole rings is 1. The molecule has 5 N–H and O–H groups in total. The number of hydrogen-bond acceptors (Lipinski definition) is 6. The molecule has 0 aliphatic rings. The quantitative estimate of drug-likeness (QED) is 0.506. The third kappa shape index (κ3) is 3.32. The molecule has 0 spiro atoms. The van der Waals surface area contributed by atoms with Crippen molar-refractivity contribution in [3.63, 3.8) is 0 Å². The molecule has 0 saturated carbocycles. The molecule has 3 heterocycles. The van der Waals surface area contributed by atoms with Gasteiger partial charge in [-0.15, -0.1) is 0 Å². The SMILES string of the molecule is C[C@H](N)c1nc(-c2ccc(CNc3ccccn3)cc2)c2c(N)nccn12. The van der Waals surface area contributed by atoms with Gasteiger partial charge >= 0.3 is 0 Å². The third-order valence-corrected chi connectivity index (χ3v) is 4.38. The number of nitrogens with zero attached hydrogens (tertiary/aromatic N) is 4. The Kier molecular flexibility index (Phi) is 4.43. The molecule has 0 aliphatic heterocycles. The minimum atomic E-state index is -0.213. The van der Waals surface area contributed by atoms with Gasteiger partial charge in [0.05, 0.1) is 6.04 Å². The van der Waals surface area contributed by atoms with Gasteiger partial charge in [0.1, 0.15) is 28.7 Å². The number of nitrogens with one attached hydrogen (secondary N) is 1. The number of hydrogen-bond donors (Lipinski definition) is 3. The third-order valence-electron chi connectivity index (χ3n) is 4.38. The fourth-order valence-corrected chi connectivity index (χ4v) is 3.05. The molecule has 0 amide bonds. The minimum absolute atomic E-state index is 0.213. The predicted molar refractivity (Wildman–Crippen MR) is 107 cm³/mol. The van der Waals surface area contributed by atoms with Gasteiger partial charge in [-0.1, -0.05) is 30.3 Å². The normalized spacial score (nSPS) is 12.2. The van der Waals surface area contributed by atoms with E-state index in [0.717, 1.165) is 34.0 Å². The summed E-state index contributed by atoms with van der Waals surface area (Å²) in [4.78, 5) is 13.2. The van der Waals surface area contributed by atoms with Crippen molar-refractivity contribution in [2.24, 2.45) is 5.73 Å². The summed E-state index contributed by atoms with van der Waals surface area (Å²) in [5.41, 5.74) is 15.9. The smallest absolute Gasteiger partial charge is 0.150 e. The lowest BCUT2D eigenvalue weighted by Gasteiger charge is -2.06. The van der Waals surface area contributed by atoms with Crippen LogP contribution in [-0.2, 0) is 6.54 Å². The minimum Gasteiger partial charge on any atom is -0.382 e. The highest BCUT2D eigenvalue weighted by molar-refractivity contribution is 5.85. The molecule has 3 aromatic heterocycles. The maximum atomic E-state index is 6.12. The summed E-state index contributed by atoms with van der Waals surface area (Å²) in [7, 11) is 0. The monoisotopic (exact) mass is 359 g/mol. The van der Waals surface area contributed by atoms with Gasteiger partial charge in [-0.3, -0.25) is 4.40 Å². The summed E-state index contributed by atoms with van der Waals surface area (Å²) in [5, 5.41) is 3.30. The topological polar surface area (TPSA) is 107 Å². The van der Waals surface area contributed by atoms with Crippen LogP contribution in [0, 0.1) is 0 Å². The Balaban J connectivity index is 1.64. The van der Waals surface area contributed by atoms with E-state index in [2.05, 4.69) is 27.4 Å². The summed E-state index contributed by atoms with van der Waals surface area (Å²) < 4.78 is 1.92. The lowest BCUT2D eigenvalue weighted by atomic mass is 10.1. The van der Waals surface area contributed by atoms with Crippen molar-refractivity contribution < 1.29 is 0 Å². The molecule has 136 valence electrons. The van der Waals surface area contributed by atoms with Crippen molar-refractivity contribution in [2.75, 3.05) is 11.1 Å². The molecule has 1 atom stereocenters. The first-order chi connectivity index (χ1) is 13.1. The summed E-state index contributed by atoms with van der Waals surface area (Å²) in [6.07, 6.45) is 5.27. The second kappa shape index (κ2) is 7.05. The Morgan fingerprint density at radius 2 is 1.89 bits per heavy atom. The lowest BCUT2D eigenvalue weighted by Crippen LogP contribution is -2.10. The van der Waals surface area contributed by atoms with Gasteiger partial charge in [0.15, 0.2) is 0 Å². The van der Waals surface area contributed by atoms with E-state index in [1.165, 1.54) is 0 Å². The average Bonchev–Trinajstić information content (AvgIpc) is 3.09. The van der Waals surface area contributed by atoms with E-state index in [-0.39, 0.29) is 6.04 Å². The van der Waals surface area contributed by atoms with Gasteiger partial charge in [-0.05, 0) is 24.6 Å². The van der Waals surface area contributed by atoms with Crippen molar-refractivity contribution in [1.82, 2.24) is 19.4 Å². The molecular formula is C20H21N7. The van der Waals surface area contributed by atoms with Gasteiger partial charge in [0.25, 0.3) is 0 Å². The van der Waals surface area contributed by atoms with E-state index in [1.807, 2.05) is 47.9 Å². The van der Waals surface area contributed by atoms with Crippen molar-refractivity contribution in [1.29, 1.82) is 0 Å². The molecular weight excluding hydrogens is 338 g/mol. The Morgan fingerprint density at radius 3 is 2.59 bits per heavy atom. The number of benzene rings is 1. The second-order valence-corrected chi connectivity index (χ2v) is 6.40. The average molecular weight is 359 g/mol. The first kappa shape index (κ1) is 17.0. The Labute approximate surface area is 157 Å². The summed E-state index contributed by atoms with van der Waals surface area (Å²) in [5.74, 6) is 2.05. The molecule has 0 aliphatic carbocycles. The number of nitrogen functional groups attached to an aromatic ring is 1. The summed E-state index contributed by atoms with van der Waals surface area (Å²) >= 11 is 0.